The summed E-state index contributed by atoms with van der Waals surface area (Å²) in [7, 11) is 0. The van der Waals surface area contributed by atoms with Crippen LogP contribution < -0.4 is 11.1 Å². The molecule has 3 N–H and O–H groups in total. The van der Waals surface area contributed by atoms with Crippen molar-refractivity contribution in [1.29, 1.82) is 0 Å². The number of benzene rings is 1. The summed E-state index contributed by atoms with van der Waals surface area (Å²) in [5.74, 6) is -0.183. The highest BCUT2D eigenvalue weighted by Gasteiger charge is 2.24. The summed E-state index contributed by atoms with van der Waals surface area (Å²) < 4.78 is 0.938. The fourth-order valence-corrected chi connectivity index (χ4v) is 4.17. The van der Waals surface area contributed by atoms with Gasteiger partial charge in [-0.1, -0.05) is 29.3 Å². The van der Waals surface area contributed by atoms with Crippen molar-refractivity contribution in [3.63, 3.8) is 0 Å². The van der Waals surface area contributed by atoms with E-state index < -0.39 is 0 Å². The number of thiophene rings is 1. The Kier molecular flexibility index (Phi) is 5.61. The SMILES string of the molecule is Cl.Nc1ccc2c(c1)CCCC2NC(=O)c1cc(Cl)sc1Cl. The summed E-state index contributed by atoms with van der Waals surface area (Å²) in [5.41, 5.74) is 9.37. The van der Waals surface area contributed by atoms with Gasteiger partial charge in [-0.25, -0.2) is 0 Å². The van der Waals surface area contributed by atoms with Crippen LogP contribution in [0.4, 0.5) is 5.69 Å². The quantitative estimate of drug-likeness (QED) is 0.734. The number of fused-ring (bicyclic) bond motifs is 1. The highest BCUT2D eigenvalue weighted by atomic mass is 35.5. The first kappa shape index (κ1) is 17.4. The zero-order chi connectivity index (χ0) is 15.0. The Hall–Kier alpha value is -0.940. The molecule has 1 aliphatic carbocycles. The predicted octanol–water partition coefficient (Wildman–Crippen LogP) is 4.87. The molecule has 0 bridgehead atoms. The first-order valence-electron chi connectivity index (χ1n) is 6.68. The topological polar surface area (TPSA) is 55.1 Å². The molecule has 22 heavy (non-hydrogen) atoms. The van der Waals surface area contributed by atoms with E-state index in [1.165, 1.54) is 16.9 Å². The molecule has 1 aromatic heterocycles. The Labute approximate surface area is 149 Å². The highest BCUT2D eigenvalue weighted by Crippen LogP contribution is 2.34. The molecule has 0 saturated heterocycles. The molecule has 1 amide bonds. The Bertz CT molecular complexity index is 702. The van der Waals surface area contributed by atoms with Crippen LogP contribution >= 0.6 is 46.9 Å². The lowest BCUT2D eigenvalue weighted by molar-refractivity contribution is 0.0933. The van der Waals surface area contributed by atoms with Crippen molar-refractivity contribution in [3.05, 3.63) is 49.6 Å². The van der Waals surface area contributed by atoms with Gasteiger partial charge in [0.05, 0.1) is 15.9 Å². The Balaban J connectivity index is 0.00000176. The number of anilines is 1. The third kappa shape index (κ3) is 3.51. The summed E-state index contributed by atoms with van der Waals surface area (Å²) >= 11 is 13.1. The molecular formula is C15H15Cl3N2OS. The Morgan fingerprint density at radius 1 is 1.32 bits per heavy atom. The highest BCUT2D eigenvalue weighted by molar-refractivity contribution is 7.20. The summed E-state index contributed by atoms with van der Waals surface area (Å²) in [5, 5.41) is 3.05. The van der Waals surface area contributed by atoms with Crippen molar-refractivity contribution in [2.24, 2.45) is 0 Å². The third-order valence-electron chi connectivity index (χ3n) is 3.69. The number of amides is 1. The number of hydrogen-bond acceptors (Lipinski definition) is 3. The van der Waals surface area contributed by atoms with Gasteiger partial charge in [0.25, 0.3) is 5.91 Å². The number of carbonyl (C=O) groups excluding carboxylic acids is 1. The number of aryl methyl sites for hydroxylation is 1. The van der Waals surface area contributed by atoms with Crippen LogP contribution in [0, 0.1) is 0 Å². The second-order valence-corrected chi connectivity index (χ2v) is 7.40. The fourth-order valence-electron chi connectivity index (χ4n) is 2.72. The number of rotatable bonds is 2. The number of nitrogens with one attached hydrogen (secondary N) is 1. The van der Waals surface area contributed by atoms with Gasteiger partial charge in [0.1, 0.15) is 4.34 Å². The number of carbonyl (C=O) groups is 1. The van der Waals surface area contributed by atoms with Crippen LogP contribution in [0.25, 0.3) is 0 Å². The number of hydrogen-bond donors (Lipinski definition) is 2. The van der Waals surface area contributed by atoms with Crippen molar-refractivity contribution >= 4 is 58.5 Å². The molecule has 3 rings (SSSR count). The summed E-state index contributed by atoms with van der Waals surface area (Å²) in [4.78, 5) is 12.4. The molecule has 3 nitrogen and oxygen atoms in total. The van der Waals surface area contributed by atoms with Crippen LogP contribution in [-0.2, 0) is 6.42 Å². The van der Waals surface area contributed by atoms with E-state index in [1.54, 1.807) is 6.07 Å². The average molecular weight is 378 g/mol. The molecule has 0 aliphatic heterocycles. The number of nitrogens with two attached hydrogens (primary N) is 1. The minimum Gasteiger partial charge on any atom is -0.399 e. The van der Waals surface area contributed by atoms with Gasteiger partial charge in [0.15, 0.2) is 0 Å². The van der Waals surface area contributed by atoms with Gasteiger partial charge in [0, 0.05) is 5.69 Å². The smallest absolute Gasteiger partial charge is 0.254 e. The van der Waals surface area contributed by atoms with E-state index in [0.29, 0.717) is 14.2 Å². The number of halogens is 3. The molecule has 1 aliphatic rings. The summed E-state index contributed by atoms with van der Waals surface area (Å²) in [6.45, 7) is 0. The van der Waals surface area contributed by atoms with Crippen LogP contribution in [0.5, 0.6) is 0 Å². The Morgan fingerprint density at radius 3 is 2.77 bits per heavy atom. The van der Waals surface area contributed by atoms with Gasteiger partial charge in [-0.05, 0) is 48.6 Å². The van der Waals surface area contributed by atoms with Gasteiger partial charge in [-0.3, -0.25) is 4.79 Å². The lowest BCUT2D eigenvalue weighted by atomic mass is 9.87. The van der Waals surface area contributed by atoms with Crippen LogP contribution in [0.2, 0.25) is 8.67 Å². The first-order chi connectivity index (χ1) is 10.0. The zero-order valence-electron chi connectivity index (χ0n) is 11.6. The standard InChI is InChI=1S/C15H14Cl2N2OS.ClH/c16-13-7-11(14(17)21-13)15(20)19-12-3-1-2-8-6-9(18)4-5-10(8)12;/h4-7,12H,1-3,18H2,(H,19,20);1H. The van der Waals surface area contributed by atoms with Crippen LogP contribution in [0.15, 0.2) is 24.3 Å². The molecule has 7 heteroatoms. The minimum atomic E-state index is -0.183. The predicted molar refractivity (Wildman–Crippen MR) is 95.6 cm³/mol. The fraction of sp³-hybridized carbons (Fsp3) is 0.267. The minimum absolute atomic E-state index is 0. The van der Waals surface area contributed by atoms with Crippen molar-refractivity contribution in [1.82, 2.24) is 5.32 Å². The zero-order valence-corrected chi connectivity index (χ0v) is 14.7. The summed E-state index contributed by atoms with van der Waals surface area (Å²) in [6.07, 6.45) is 2.94. The van der Waals surface area contributed by atoms with Crippen molar-refractivity contribution in [3.8, 4) is 0 Å². The van der Waals surface area contributed by atoms with E-state index >= 15 is 0 Å². The monoisotopic (exact) mass is 376 g/mol. The maximum atomic E-state index is 12.4. The van der Waals surface area contributed by atoms with Gasteiger partial charge in [-0.2, -0.15) is 0 Å². The van der Waals surface area contributed by atoms with Gasteiger partial charge in [-0.15, -0.1) is 23.7 Å². The van der Waals surface area contributed by atoms with E-state index in [9.17, 15) is 4.79 Å². The molecule has 1 atom stereocenters. The van der Waals surface area contributed by atoms with Gasteiger partial charge in [0.2, 0.25) is 0 Å². The van der Waals surface area contributed by atoms with Gasteiger partial charge >= 0.3 is 0 Å². The molecule has 1 aromatic carbocycles. The average Bonchev–Trinajstić information content (AvgIpc) is 2.77. The van der Waals surface area contributed by atoms with Crippen LogP contribution in [0.3, 0.4) is 0 Å². The normalized spacial score (nSPS) is 16.5. The molecule has 0 spiro atoms. The van der Waals surface area contributed by atoms with E-state index in [2.05, 4.69) is 5.32 Å². The van der Waals surface area contributed by atoms with Crippen molar-refractivity contribution < 1.29 is 4.79 Å². The molecule has 0 saturated carbocycles. The van der Waals surface area contributed by atoms with E-state index in [0.717, 1.165) is 30.5 Å². The van der Waals surface area contributed by atoms with E-state index in [1.807, 2.05) is 18.2 Å². The maximum absolute atomic E-state index is 12.4. The second kappa shape index (κ2) is 7.09. The van der Waals surface area contributed by atoms with Crippen molar-refractivity contribution in [2.75, 3.05) is 5.73 Å². The Morgan fingerprint density at radius 2 is 2.09 bits per heavy atom. The van der Waals surface area contributed by atoms with E-state index in [-0.39, 0.29) is 24.4 Å². The molecule has 118 valence electrons. The molecule has 2 aromatic rings. The molecule has 1 unspecified atom stereocenters. The lowest BCUT2D eigenvalue weighted by Gasteiger charge is -2.26. The number of nitrogen functional groups attached to an aromatic ring is 1. The van der Waals surface area contributed by atoms with Crippen LogP contribution in [0.1, 0.15) is 40.4 Å². The lowest BCUT2D eigenvalue weighted by Crippen LogP contribution is -2.30. The van der Waals surface area contributed by atoms with Crippen LogP contribution in [-0.4, -0.2) is 5.91 Å². The largest absolute Gasteiger partial charge is 0.399 e. The third-order valence-corrected chi connectivity index (χ3v) is 5.18. The molecule has 0 fully saturated rings. The molecular weight excluding hydrogens is 363 g/mol. The molecule has 1 heterocycles. The second-order valence-electron chi connectivity index (χ2n) is 5.11. The maximum Gasteiger partial charge on any atom is 0.254 e. The first-order valence-corrected chi connectivity index (χ1v) is 8.26. The molecule has 0 radical (unpaired) electrons. The van der Waals surface area contributed by atoms with Crippen molar-refractivity contribution in [2.45, 2.75) is 25.3 Å². The van der Waals surface area contributed by atoms with Gasteiger partial charge < -0.3 is 11.1 Å². The van der Waals surface area contributed by atoms with E-state index in [4.69, 9.17) is 28.9 Å². The summed E-state index contributed by atoms with van der Waals surface area (Å²) in [6, 6.07) is 7.46.